The molecule has 18 heavy (non-hydrogen) atoms. The maximum absolute atomic E-state index is 12.7. The van der Waals surface area contributed by atoms with E-state index < -0.39 is 11.7 Å². The average molecular weight is 325 g/mol. The Morgan fingerprint density at radius 2 is 1.89 bits per heavy atom. The lowest BCUT2D eigenvalue weighted by molar-refractivity contribution is -0.136. The van der Waals surface area contributed by atoms with E-state index in [0.717, 1.165) is 19.0 Å². The quantitative estimate of drug-likeness (QED) is 0.776. The first-order valence-electron chi connectivity index (χ1n) is 5.76. The van der Waals surface area contributed by atoms with E-state index in [0.29, 0.717) is 17.6 Å². The average Bonchev–Trinajstić information content (AvgIpc) is 2.27. The Kier molecular flexibility index (Phi) is 5.95. The molecule has 0 heterocycles. The number of nitrogens with one attached hydrogen (secondary N) is 2. The van der Waals surface area contributed by atoms with Crippen LogP contribution >= 0.6 is 15.9 Å². The van der Waals surface area contributed by atoms with Gasteiger partial charge in [-0.1, -0.05) is 22.9 Å². The Labute approximate surface area is 113 Å². The Bertz CT molecular complexity index is 380. The molecule has 0 saturated carbocycles. The van der Waals surface area contributed by atoms with Crippen molar-refractivity contribution in [2.24, 2.45) is 0 Å². The van der Waals surface area contributed by atoms with Crippen LogP contribution in [0.2, 0.25) is 0 Å². The van der Waals surface area contributed by atoms with Gasteiger partial charge in [0.25, 0.3) is 0 Å². The van der Waals surface area contributed by atoms with Crippen molar-refractivity contribution < 1.29 is 13.2 Å². The van der Waals surface area contributed by atoms with Crippen molar-refractivity contribution in [3.63, 3.8) is 0 Å². The summed E-state index contributed by atoms with van der Waals surface area (Å²) in [6.45, 7) is 4.00. The molecule has 0 aliphatic heterocycles. The standard InChI is InChI=1S/C12H16BrF3N2/c1-2-5-17-6-7-18-11-8-9(13)3-4-10(11)12(14,15)16/h3-4,8,17-18H,2,5-7H2,1H3. The maximum atomic E-state index is 12.7. The molecule has 0 aliphatic carbocycles. The highest BCUT2D eigenvalue weighted by Gasteiger charge is 2.33. The third-order valence-corrected chi connectivity index (χ3v) is 2.82. The summed E-state index contributed by atoms with van der Waals surface area (Å²) in [7, 11) is 0. The second-order valence-electron chi connectivity index (χ2n) is 3.86. The highest BCUT2D eigenvalue weighted by Crippen LogP contribution is 2.36. The third kappa shape index (κ3) is 4.86. The third-order valence-electron chi connectivity index (χ3n) is 2.33. The van der Waals surface area contributed by atoms with Gasteiger partial charge in [-0.25, -0.2) is 0 Å². The lowest BCUT2D eigenvalue weighted by Crippen LogP contribution is -2.23. The zero-order valence-corrected chi connectivity index (χ0v) is 11.7. The van der Waals surface area contributed by atoms with E-state index in [9.17, 15) is 13.2 Å². The molecule has 0 bridgehead atoms. The summed E-state index contributed by atoms with van der Waals surface area (Å²) in [5.74, 6) is 0. The molecule has 1 aromatic rings. The SMILES string of the molecule is CCCNCCNc1cc(Br)ccc1C(F)(F)F. The van der Waals surface area contributed by atoms with Gasteiger partial charge in [-0.3, -0.25) is 0 Å². The van der Waals surface area contributed by atoms with Crippen LogP contribution in [0.4, 0.5) is 18.9 Å². The topological polar surface area (TPSA) is 24.1 Å². The summed E-state index contributed by atoms with van der Waals surface area (Å²) in [6.07, 6.45) is -3.33. The van der Waals surface area contributed by atoms with Crippen molar-refractivity contribution in [3.8, 4) is 0 Å². The highest BCUT2D eigenvalue weighted by molar-refractivity contribution is 9.10. The molecule has 1 aromatic carbocycles. The minimum absolute atomic E-state index is 0.107. The largest absolute Gasteiger partial charge is 0.418 e. The zero-order valence-electron chi connectivity index (χ0n) is 10.1. The fourth-order valence-electron chi connectivity index (χ4n) is 1.50. The molecule has 1 rings (SSSR count). The molecule has 0 amide bonds. The lowest BCUT2D eigenvalue weighted by atomic mass is 10.1. The highest BCUT2D eigenvalue weighted by atomic mass is 79.9. The number of benzene rings is 1. The van der Waals surface area contributed by atoms with Gasteiger partial charge in [0.1, 0.15) is 0 Å². The summed E-state index contributed by atoms with van der Waals surface area (Å²) in [4.78, 5) is 0. The van der Waals surface area contributed by atoms with E-state index >= 15 is 0 Å². The van der Waals surface area contributed by atoms with Crippen LogP contribution in [0, 0.1) is 0 Å². The Balaban J connectivity index is 2.65. The van der Waals surface area contributed by atoms with E-state index in [-0.39, 0.29) is 5.69 Å². The van der Waals surface area contributed by atoms with Crippen molar-refractivity contribution in [1.82, 2.24) is 5.32 Å². The van der Waals surface area contributed by atoms with Crippen molar-refractivity contribution >= 4 is 21.6 Å². The second-order valence-corrected chi connectivity index (χ2v) is 4.78. The molecular weight excluding hydrogens is 309 g/mol. The molecule has 0 radical (unpaired) electrons. The minimum Gasteiger partial charge on any atom is -0.383 e. The van der Waals surface area contributed by atoms with Crippen molar-refractivity contribution in [3.05, 3.63) is 28.2 Å². The van der Waals surface area contributed by atoms with E-state index in [2.05, 4.69) is 26.6 Å². The van der Waals surface area contributed by atoms with Crippen LogP contribution < -0.4 is 10.6 Å². The Morgan fingerprint density at radius 1 is 1.17 bits per heavy atom. The van der Waals surface area contributed by atoms with Gasteiger partial charge in [0, 0.05) is 23.2 Å². The van der Waals surface area contributed by atoms with Crippen LogP contribution in [-0.2, 0) is 6.18 Å². The molecular formula is C12H16BrF3N2. The van der Waals surface area contributed by atoms with Crippen LogP contribution in [0.3, 0.4) is 0 Å². The number of hydrogen-bond acceptors (Lipinski definition) is 2. The van der Waals surface area contributed by atoms with Crippen molar-refractivity contribution in [1.29, 1.82) is 0 Å². The number of rotatable bonds is 6. The van der Waals surface area contributed by atoms with Crippen LogP contribution in [0.15, 0.2) is 22.7 Å². The summed E-state index contributed by atoms with van der Waals surface area (Å²) in [5.41, 5.74) is -0.531. The number of hydrogen-bond donors (Lipinski definition) is 2. The van der Waals surface area contributed by atoms with Gasteiger partial charge in [0.15, 0.2) is 0 Å². The van der Waals surface area contributed by atoms with Gasteiger partial charge in [-0.2, -0.15) is 13.2 Å². The number of anilines is 1. The molecule has 0 unspecified atom stereocenters. The fraction of sp³-hybridized carbons (Fsp3) is 0.500. The predicted octanol–water partition coefficient (Wildman–Crippen LogP) is 3.88. The van der Waals surface area contributed by atoms with E-state index in [4.69, 9.17) is 0 Å². The zero-order chi connectivity index (χ0) is 13.6. The fourth-order valence-corrected chi connectivity index (χ4v) is 1.86. The van der Waals surface area contributed by atoms with E-state index in [1.807, 2.05) is 6.92 Å². The van der Waals surface area contributed by atoms with Gasteiger partial charge < -0.3 is 10.6 Å². The van der Waals surface area contributed by atoms with E-state index in [1.165, 1.54) is 12.1 Å². The van der Waals surface area contributed by atoms with Crippen LogP contribution in [0.5, 0.6) is 0 Å². The van der Waals surface area contributed by atoms with Gasteiger partial charge in [-0.05, 0) is 31.2 Å². The predicted molar refractivity (Wildman–Crippen MR) is 70.8 cm³/mol. The summed E-state index contributed by atoms with van der Waals surface area (Å²) in [5, 5.41) is 5.93. The summed E-state index contributed by atoms with van der Waals surface area (Å²) < 4.78 is 38.8. The van der Waals surface area contributed by atoms with Gasteiger partial charge >= 0.3 is 6.18 Å². The Morgan fingerprint density at radius 3 is 2.50 bits per heavy atom. The maximum Gasteiger partial charge on any atom is 0.418 e. The monoisotopic (exact) mass is 324 g/mol. The first-order chi connectivity index (χ1) is 8.45. The molecule has 2 N–H and O–H groups in total. The smallest absolute Gasteiger partial charge is 0.383 e. The summed E-state index contributed by atoms with van der Waals surface area (Å²) >= 11 is 3.17. The molecule has 102 valence electrons. The first kappa shape index (κ1) is 15.3. The minimum atomic E-state index is -4.33. The molecule has 0 fully saturated rings. The number of alkyl halides is 3. The molecule has 0 aliphatic rings. The molecule has 0 saturated heterocycles. The summed E-state index contributed by atoms with van der Waals surface area (Å²) in [6, 6.07) is 3.91. The molecule has 6 heteroatoms. The molecule has 0 spiro atoms. The van der Waals surface area contributed by atoms with Crippen LogP contribution in [0.1, 0.15) is 18.9 Å². The van der Waals surface area contributed by atoms with Crippen LogP contribution in [-0.4, -0.2) is 19.6 Å². The molecule has 0 atom stereocenters. The van der Waals surface area contributed by atoms with Crippen molar-refractivity contribution in [2.75, 3.05) is 25.0 Å². The molecule has 0 aromatic heterocycles. The Hall–Kier alpha value is -0.750. The number of halogens is 4. The van der Waals surface area contributed by atoms with Gasteiger partial charge in [-0.15, -0.1) is 0 Å². The van der Waals surface area contributed by atoms with Gasteiger partial charge in [0.05, 0.1) is 5.56 Å². The van der Waals surface area contributed by atoms with Crippen LogP contribution in [0.25, 0.3) is 0 Å². The van der Waals surface area contributed by atoms with Crippen molar-refractivity contribution in [2.45, 2.75) is 19.5 Å². The van der Waals surface area contributed by atoms with Gasteiger partial charge in [0.2, 0.25) is 0 Å². The molecule has 2 nitrogen and oxygen atoms in total. The normalized spacial score (nSPS) is 11.6. The first-order valence-corrected chi connectivity index (χ1v) is 6.55. The van der Waals surface area contributed by atoms with E-state index in [1.54, 1.807) is 0 Å². The second kappa shape index (κ2) is 6.99. The lowest BCUT2D eigenvalue weighted by Gasteiger charge is -2.15.